The maximum Gasteiger partial charge on any atom is 0.239 e. The fraction of sp³-hybridized carbons (Fsp3) is 0.385. The van der Waals surface area contributed by atoms with Crippen molar-refractivity contribution in [3.05, 3.63) is 29.8 Å². The zero-order valence-corrected chi connectivity index (χ0v) is 10.7. The molecule has 0 saturated heterocycles. The van der Waals surface area contributed by atoms with E-state index < -0.39 is 0 Å². The Morgan fingerprint density at radius 3 is 2.61 bits per heavy atom. The van der Waals surface area contributed by atoms with Crippen LogP contribution in [0.25, 0.3) is 0 Å². The summed E-state index contributed by atoms with van der Waals surface area (Å²) >= 11 is 0. The predicted molar refractivity (Wildman–Crippen MR) is 70.8 cm³/mol. The van der Waals surface area contributed by atoms with Crippen LogP contribution in [0.2, 0.25) is 0 Å². The lowest BCUT2D eigenvalue weighted by molar-refractivity contribution is -0.126. The normalized spacial score (nSPS) is 10.2. The van der Waals surface area contributed by atoms with Crippen LogP contribution in [0.1, 0.15) is 19.4 Å². The summed E-state index contributed by atoms with van der Waals surface area (Å²) in [6, 6.07) is 7.20. The van der Waals surface area contributed by atoms with Gasteiger partial charge in [0.1, 0.15) is 0 Å². The minimum Gasteiger partial charge on any atom is -0.399 e. The van der Waals surface area contributed by atoms with Crippen molar-refractivity contribution < 1.29 is 9.59 Å². The van der Waals surface area contributed by atoms with Gasteiger partial charge in [-0.2, -0.15) is 0 Å². The average Bonchev–Trinajstić information content (AvgIpc) is 2.25. The van der Waals surface area contributed by atoms with Crippen LogP contribution in [-0.2, 0) is 16.0 Å². The summed E-state index contributed by atoms with van der Waals surface area (Å²) in [5, 5.41) is 5.26. The van der Waals surface area contributed by atoms with Gasteiger partial charge in [-0.3, -0.25) is 9.59 Å². The van der Waals surface area contributed by atoms with Crippen LogP contribution < -0.4 is 16.4 Å². The Labute approximate surface area is 107 Å². The molecule has 0 atom stereocenters. The molecule has 0 aliphatic heterocycles. The largest absolute Gasteiger partial charge is 0.399 e. The third-order valence-electron chi connectivity index (χ3n) is 2.21. The molecule has 1 aromatic carbocycles. The van der Waals surface area contributed by atoms with Gasteiger partial charge in [-0.25, -0.2) is 0 Å². The topological polar surface area (TPSA) is 84.2 Å². The van der Waals surface area contributed by atoms with Crippen molar-refractivity contribution in [3.8, 4) is 0 Å². The lowest BCUT2D eigenvalue weighted by Gasteiger charge is -2.09. The Morgan fingerprint density at radius 2 is 2.00 bits per heavy atom. The van der Waals surface area contributed by atoms with Crippen LogP contribution in [0.5, 0.6) is 0 Å². The fourth-order valence-electron chi connectivity index (χ4n) is 1.50. The molecule has 0 heterocycles. The molecular formula is C13H19N3O2. The van der Waals surface area contributed by atoms with Crippen LogP contribution in [0.15, 0.2) is 24.3 Å². The molecule has 0 aliphatic rings. The quantitative estimate of drug-likeness (QED) is 0.662. The van der Waals surface area contributed by atoms with Crippen molar-refractivity contribution in [2.75, 3.05) is 12.3 Å². The number of carbonyl (C=O) groups excluding carboxylic acids is 2. The molecular weight excluding hydrogens is 230 g/mol. The van der Waals surface area contributed by atoms with Crippen molar-refractivity contribution >= 4 is 17.5 Å². The van der Waals surface area contributed by atoms with Gasteiger partial charge in [0.15, 0.2) is 0 Å². The van der Waals surface area contributed by atoms with Crippen molar-refractivity contribution in [1.82, 2.24) is 10.6 Å². The zero-order valence-electron chi connectivity index (χ0n) is 10.7. The smallest absolute Gasteiger partial charge is 0.239 e. The van der Waals surface area contributed by atoms with E-state index in [-0.39, 0.29) is 30.8 Å². The molecule has 1 aromatic rings. The summed E-state index contributed by atoms with van der Waals surface area (Å²) in [6.07, 6.45) is 0.222. The second-order valence-corrected chi connectivity index (χ2v) is 4.42. The number of nitrogens with one attached hydrogen (secondary N) is 2. The summed E-state index contributed by atoms with van der Waals surface area (Å²) in [6.45, 7) is 3.73. The number of hydrogen-bond acceptors (Lipinski definition) is 3. The van der Waals surface area contributed by atoms with E-state index >= 15 is 0 Å². The molecule has 0 bridgehead atoms. The van der Waals surface area contributed by atoms with Gasteiger partial charge in [0.05, 0.1) is 13.0 Å². The number of nitrogens with two attached hydrogens (primary N) is 1. The molecule has 5 nitrogen and oxygen atoms in total. The van der Waals surface area contributed by atoms with E-state index in [4.69, 9.17) is 5.73 Å². The van der Waals surface area contributed by atoms with Gasteiger partial charge in [0.25, 0.3) is 0 Å². The summed E-state index contributed by atoms with van der Waals surface area (Å²) in [5.41, 5.74) is 7.07. The van der Waals surface area contributed by atoms with Gasteiger partial charge < -0.3 is 16.4 Å². The average molecular weight is 249 g/mol. The highest BCUT2D eigenvalue weighted by atomic mass is 16.2. The van der Waals surface area contributed by atoms with E-state index in [1.807, 2.05) is 19.9 Å². The standard InChI is InChI=1S/C13H19N3O2/c1-9(2)16-13(18)8-15-12(17)7-10-4-3-5-11(14)6-10/h3-6,9H,7-8,14H2,1-2H3,(H,15,17)(H,16,18). The number of carbonyl (C=O) groups is 2. The highest BCUT2D eigenvalue weighted by molar-refractivity contribution is 5.85. The third-order valence-corrected chi connectivity index (χ3v) is 2.21. The van der Waals surface area contributed by atoms with Crippen LogP contribution in [0.4, 0.5) is 5.69 Å². The number of anilines is 1. The summed E-state index contributed by atoms with van der Waals surface area (Å²) in [4.78, 5) is 22.9. The first-order chi connectivity index (χ1) is 8.47. The second kappa shape index (κ2) is 6.64. The van der Waals surface area contributed by atoms with E-state index in [2.05, 4.69) is 10.6 Å². The van der Waals surface area contributed by atoms with E-state index in [0.717, 1.165) is 5.56 Å². The Bertz CT molecular complexity index is 430. The van der Waals surface area contributed by atoms with Gasteiger partial charge in [-0.05, 0) is 31.5 Å². The van der Waals surface area contributed by atoms with Crippen molar-refractivity contribution in [2.45, 2.75) is 26.3 Å². The molecule has 0 spiro atoms. The van der Waals surface area contributed by atoms with Crippen LogP contribution >= 0.6 is 0 Å². The number of nitrogen functional groups attached to an aromatic ring is 1. The lowest BCUT2D eigenvalue weighted by Crippen LogP contribution is -2.40. The summed E-state index contributed by atoms with van der Waals surface area (Å²) in [5.74, 6) is -0.384. The minimum absolute atomic E-state index is 0.000666. The molecule has 2 amide bonds. The molecule has 0 aliphatic carbocycles. The van der Waals surface area contributed by atoms with Crippen molar-refractivity contribution in [1.29, 1.82) is 0 Å². The molecule has 4 N–H and O–H groups in total. The molecule has 0 aromatic heterocycles. The molecule has 0 saturated carbocycles. The molecule has 1 rings (SSSR count). The molecule has 0 fully saturated rings. The predicted octanol–water partition coefficient (Wildman–Crippen LogP) is 0.452. The van der Waals surface area contributed by atoms with Crippen molar-refractivity contribution in [3.63, 3.8) is 0 Å². The minimum atomic E-state index is -0.195. The van der Waals surface area contributed by atoms with Gasteiger partial charge in [-0.1, -0.05) is 12.1 Å². The molecule has 18 heavy (non-hydrogen) atoms. The Hall–Kier alpha value is -2.04. The Balaban J connectivity index is 2.36. The Morgan fingerprint density at radius 1 is 1.28 bits per heavy atom. The molecule has 0 unspecified atom stereocenters. The van der Waals surface area contributed by atoms with E-state index in [0.29, 0.717) is 5.69 Å². The van der Waals surface area contributed by atoms with Crippen LogP contribution in [0, 0.1) is 0 Å². The molecule has 5 heteroatoms. The molecule has 98 valence electrons. The maximum absolute atomic E-state index is 11.6. The SMILES string of the molecule is CC(C)NC(=O)CNC(=O)Cc1cccc(N)c1. The fourth-order valence-corrected chi connectivity index (χ4v) is 1.50. The Kier molecular flexibility index (Phi) is 5.17. The number of rotatable bonds is 5. The molecule has 0 radical (unpaired) electrons. The maximum atomic E-state index is 11.6. The first kappa shape index (κ1) is 14.0. The third kappa shape index (κ3) is 5.34. The number of benzene rings is 1. The summed E-state index contributed by atoms with van der Waals surface area (Å²) < 4.78 is 0. The highest BCUT2D eigenvalue weighted by Crippen LogP contribution is 2.06. The summed E-state index contributed by atoms with van der Waals surface area (Å²) in [7, 11) is 0. The zero-order chi connectivity index (χ0) is 13.5. The van der Waals surface area contributed by atoms with Gasteiger partial charge >= 0.3 is 0 Å². The van der Waals surface area contributed by atoms with Crippen molar-refractivity contribution in [2.24, 2.45) is 0 Å². The monoisotopic (exact) mass is 249 g/mol. The van der Waals surface area contributed by atoms with Crippen LogP contribution in [-0.4, -0.2) is 24.4 Å². The highest BCUT2D eigenvalue weighted by Gasteiger charge is 2.07. The number of amides is 2. The van der Waals surface area contributed by atoms with E-state index in [9.17, 15) is 9.59 Å². The van der Waals surface area contributed by atoms with Gasteiger partial charge in [0.2, 0.25) is 11.8 Å². The van der Waals surface area contributed by atoms with E-state index in [1.54, 1.807) is 18.2 Å². The number of hydrogen-bond donors (Lipinski definition) is 3. The van der Waals surface area contributed by atoms with Gasteiger partial charge in [-0.15, -0.1) is 0 Å². The lowest BCUT2D eigenvalue weighted by atomic mass is 10.1. The first-order valence-electron chi connectivity index (χ1n) is 5.88. The van der Waals surface area contributed by atoms with E-state index in [1.165, 1.54) is 0 Å². The van der Waals surface area contributed by atoms with Gasteiger partial charge in [0, 0.05) is 11.7 Å². The second-order valence-electron chi connectivity index (χ2n) is 4.42. The van der Waals surface area contributed by atoms with Crippen LogP contribution in [0.3, 0.4) is 0 Å². The first-order valence-corrected chi connectivity index (χ1v) is 5.88.